The number of benzene rings is 1. The van der Waals surface area contributed by atoms with Crippen molar-refractivity contribution in [3.8, 4) is 0 Å². The standard InChI is InChI=1S/C18H21BO5S/c1-17(2)18(3,4)24-19(23-17)12(10-20)8-11-6-5-7-14-13(11)9-15(25-14)16(21)22/h5-9,20H,10H2,1-4H3,(H,21,22). The summed E-state index contributed by atoms with van der Waals surface area (Å²) in [5.41, 5.74) is 0.461. The van der Waals surface area contributed by atoms with Crippen molar-refractivity contribution in [2.24, 2.45) is 0 Å². The van der Waals surface area contributed by atoms with Crippen molar-refractivity contribution >= 4 is 40.6 Å². The van der Waals surface area contributed by atoms with Gasteiger partial charge in [-0.15, -0.1) is 11.3 Å². The highest BCUT2D eigenvalue weighted by Gasteiger charge is 2.52. The van der Waals surface area contributed by atoms with Gasteiger partial charge in [-0.3, -0.25) is 0 Å². The molecule has 2 heterocycles. The summed E-state index contributed by atoms with van der Waals surface area (Å²) in [6.45, 7) is 7.63. The second-order valence-corrected chi connectivity index (χ2v) is 8.22. The van der Waals surface area contributed by atoms with Crippen LogP contribution in [0.25, 0.3) is 16.2 Å². The maximum absolute atomic E-state index is 11.2. The van der Waals surface area contributed by atoms with Crippen LogP contribution in [0.1, 0.15) is 42.9 Å². The van der Waals surface area contributed by atoms with Crippen molar-refractivity contribution in [1.82, 2.24) is 0 Å². The van der Waals surface area contributed by atoms with Crippen LogP contribution in [0.3, 0.4) is 0 Å². The van der Waals surface area contributed by atoms with E-state index in [4.69, 9.17) is 9.31 Å². The molecule has 0 spiro atoms. The molecular formula is C18H21BO5S. The largest absolute Gasteiger partial charge is 0.492 e. The molecule has 1 aromatic heterocycles. The number of hydrogen-bond acceptors (Lipinski definition) is 5. The topological polar surface area (TPSA) is 76.0 Å². The van der Waals surface area contributed by atoms with Gasteiger partial charge >= 0.3 is 13.1 Å². The Labute approximate surface area is 151 Å². The van der Waals surface area contributed by atoms with E-state index in [-0.39, 0.29) is 11.5 Å². The van der Waals surface area contributed by atoms with Gasteiger partial charge in [0.25, 0.3) is 0 Å². The smallest absolute Gasteiger partial charge is 0.477 e. The summed E-state index contributed by atoms with van der Waals surface area (Å²) < 4.78 is 12.9. The lowest BCUT2D eigenvalue weighted by Gasteiger charge is -2.32. The lowest BCUT2D eigenvalue weighted by Crippen LogP contribution is -2.41. The fourth-order valence-electron chi connectivity index (χ4n) is 2.70. The predicted molar refractivity (Wildman–Crippen MR) is 99.9 cm³/mol. The number of thiophene rings is 1. The van der Waals surface area contributed by atoms with Crippen LogP contribution in [0.4, 0.5) is 0 Å². The van der Waals surface area contributed by atoms with E-state index in [1.54, 1.807) is 6.07 Å². The first-order valence-corrected chi connectivity index (χ1v) is 8.89. The average molecular weight is 360 g/mol. The van der Waals surface area contributed by atoms with Crippen molar-refractivity contribution in [3.63, 3.8) is 0 Å². The van der Waals surface area contributed by atoms with Crippen LogP contribution in [0.2, 0.25) is 0 Å². The van der Waals surface area contributed by atoms with Gasteiger partial charge < -0.3 is 19.5 Å². The summed E-state index contributed by atoms with van der Waals surface area (Å²) in [7, 11) is -0.636. The summed E-state index contributed by atoms with van der Waals surface area (Å²) in [6.07, 6.45) is 1.82. The minimum Gasteiger partial charge on any atom is -0.477 e. The Morgan fingerprint density at radius 2 is 1.88 bits per heavy atom. The van der Waals surface area contributed by atoms with Gasteiger partial charge in [0.15, 0.2) is 0 Å². The van der Waals surface area contributed by atoms with Gasteiger partial charge in [-0.2, -0.15) is 0 Å². The van der Waals surface area contributed by atoms with Crippen molar-refractivity contribution in [1.29, 1.82) is 0 Å². The molecule has 1 aliphatic heterocycles. The SMILES string of the molecule is CC1(C)OB(C(=Cc2cccc3sc(C(=O)O)cc23)CO)OC1(C)C. The van der Waals surface area contributed by atoms with Crippen LogP contribution >= 0.6 is 11.3 Å². The van der Waals surface area contributed by atoms with E-state index in [0.29, 0.717) is 5.47 Å². The molecule has 0 radical (unpaired) electrons. The molecule has 1 saturated heterocycles. The normalized spacial score (nSPS) is 19.6. The van der Waals surface area contributed by atoms with Gasteiger partial charge in [-0.05, 0) is 50.9 Å². The molecule has 2 aromatic rings. The highest BCUT2D eigenvalue weighted by atomic mass is 32.1. The summed E-state index contributed by atoms with van der Waals surface area (Å²) in [5.74, 6) is -0.940. The van der Waals surface area contributed by atoms with E-state index in [2.05, 4.69) is 0 Å². The Morgan fingerprint density at radius 3 is 2.44 bits per heavy atom. The van der Waals surface area contributed by atoms with E-state index < -0.39 is 24.3 Å². The molecule has 25 heavy (non-hydrogen) atoms. The number of aliphatic hydroxyl groups excluding tert-OH is 1. The highest BCUT2D eigenvalue weighted by Crippen LogP contribution is 2.39. The molecule has 2 N–H and O–H groups in total. The molecule has 0 atom stereocenters. The zero-order chi connectivity index (χ0) is 18.4. The van der Waals surface area contributed by atoms with Gasteiger partial charge in [0.05, 0.1) is 17.8 Å². The first kappa shape index (κ1) is 18.1. The summed E-state index contributed by atoms with van der Waals surface area (Å²) in [6, 6.07) is 7.31. The highest BCUT2D eigenvalue weighted by molar-refractivity contribution is 7.20. The molecule has 1 aliphatic rings. The number of carbonyl (C=O) groups is 1. The van der Waals surface area contributed by atoms with Crippen LogP contribution in [0, 0.1) is 0 Å². The van der Waals surface area contributed by atoms with Crippen molar-refractivity contribution in [2.45, 2.75) is 38.9 Å². The monoisotopic (exact) mass is 360 g/mol. The zero-order valence-electron chi connectivity index (χ0n) is 14.7. The lowest BCUT2D eigenvalue weighted by atomic mass is 9.77. The fourth-order valence-corrected chi connectivity index (χ4v) is 3.63. The van der Waals surface area contributed by atoms with Crippen molar-refractivity contribution in [2.75, 3.05) is 6.61 Å². The first-order valence-electron chi connectivity index (χ1n) is 8.07. The second-order valence-electron chi connectivity index (χ2n) is 7.14. The Morgan fingerprint density at radius 1 is 1.24 bits per heavy atom. The van der Waals surface area contributed by atoms with Crippen LogP contribution in [-0.2, 0) is 9.31 Å². The predicted octanol–water partition coefficient (Wildman–Crippen LogP) is 3.61. The average Bonchev–Trinajstić information content (AvgIpc) is 3.04. The van der Waals surface area contributed by atoms with Crippen LogP contribution in [0.15, 0.2) is 29.7 Å². The van der Waals surface area contributed by atoms with Crippen molar-refractivity contribution < 1.29 is 24.3 Å². The third kappa shape index (κ3) is 3.25. The van der Waals surface area contributed by atoms with Gasteiger partial charge in [-0.25, -0.2) is 4.79 Å². The van der Waals surface area contributed by atoms with Crippen LogP contribution in [-0.4, -0.2) is 41.1 Å². The summed E-state index contributed by atoms with van der Waals surface area (Å²) in [4.78, 5) is 11.5. The van der Waals surface area contributed by atoms with E-state index in [1.165, 1.54) is 11.3 Å². The molecule has 1 aromatic carbocycles. The Bertz CT molecular complexity index is 836. The molecule has 132 valence electrons. The molecule has 0 unspecified atom stereocenters. The molecule has 1 fully saturated rings. The van der Waals surface area contributed by atoms with Crippen LogP contribution < -0.4 is 0 Å². The third-order valence-corrected chi connectivity index (χ3v) is 5.97. The molecular weight excluding hydrogens is 339 g/mol. The molecule has 5 nitrogen and oxygen atoms in total. The fraction of sp³-hybridized carbons (Fsp3) is 0.389. The zero-order valence-corrected chi connectivity index (χ0v) is 15.5. The Hall–Kier alpha value is -1.67. The van der Waals surface area contributed by atoms with E-state index in [9.17, 15) is 15.0 Å². The number of carboxylic acids is 1. The molecule has 3 rings (SSSR count). The number of aliphatic hydroxyl groups is 1. The maximum atomic E-state index is 11.2. The number of hydrogen-bond donors (Lipinski definition) is 2. The minimum absolute atomic E-state index is 0.205. The molecule has 0 bridgehead atoms. The number of rotatable bonds is 4. The summed E-state index contributed by atoms with van der Waals surface area (Å²) >= 11 is 1.23. The van der Waals surface area contributed by atoms with Crippen molar-refractivity contribution in [3.05, 3.63) is 40.2 Å². The van der Waals surface area contributed by atoms with E-state index in [0.717, 1.165) is 15.6 Å². The van der Waals surface area contributed by atoms with Gasteiger partial charge in [0, 0.05) is 10.1 Å². The van der Waals surface area contributed by atoms with Crippen LogP contribution in [0.5, 0.6) is 0 Å². The summed E-state index contributed by atoms with van der Waals surface area (Å²) in [5, 5.41) is 19.9. The quantitative estimate of drug-likeness (QED) is 0.815. The minimum atomic E-state index is -0.940. The van der Waals surface area contributed by atoms with E-state index in [1.807, 2.05) is 52.0 Å². The van der Waals surface area contributed by atoms with Gasteiger partial charge in [0.2, 0.25) is 0 Å². The Kier molecular flexibility index (Phi) is 4.53. The third-order valence-electron chi connectivity index (χ3n) is 4.89. The number of aromatic carboxylic acids is 1. The van der Waals surface area contributed by atoms with Gasteiger partial charge in [0.1, 0.15) is 4.88 Å². The molecule has 0 aliphatic carbocycles. The Balaban J connectivity index is 2.01. The maximum Gasteiger partial charge on any atom is 0.492 e. The second kappa shape index (κ2) is 6.25. The van der Waals surface area contributed by atoms with Gasteiger partial charge in [-0.1, -0.05) is 18.2 Å². The molecule has 0 amide bonds. The molecule has 7 heteroatoms. The number of carboxylic acid groups (broad SMARTS) is 1. The van der Waals surface area contributed by atoms with E-state index >= 15 is 0 Å². The first-order chi connectivity index (χ1) is 11.6. The molecule has 0 saturated carbocycles. The number of fused-ring (bicyclic) bond motifs is 1. The lowest BCUT2D eigenvalue weighted by molar-refractivity contribution is 0.00578.